The second-order valence-corrected chi connectivity index (χ2v) is 3.61. The Balaban J connectivity index is 2.26. The third kappa shape index (κ3) is 3.00. The van der Waals surface area contributed by atoms with Gasteiger partial charge < -0.3 is 16.8 Å². The lowest BCUT2D eigenvalue weighted by atomic mass is 10.2. The lowest BCUT2D eigenvalue weighted by Crippen LogP contribution is -2.08. The van der Waals surface area contributed by atoms with Crippen LogP contribution in [0, 0.1) is 0 Å². The van der Waals surface area contributed by atoms with Crippen molar-refractivity contribution in [1.29, 1.82) is 0 Å². The topological polar surface area (TPSA) is 103 Å². The molecule has 5 N–H and O–H groups in total. The molecular formula is C10H9F3N6. The van der Waals surface area contributed by atoms with Crippen LogP contribution in [-0.4, -0.2) is 15.2 Å². The summed E-state index contributed by atoms with van der Waals surface area (Å²) in [7, 11) is 0. The summed E-state index contributed by atoms with van der Waals surface area (Å²) in [6.45, 7) is 0. The molecule has 0 amide bonds. The van der Waals surface area contributed by atoms with Crippen molar-refractivity contribution in [2.24, 2.45) is 0 Å². The summed E-state index contributed by atoms with van der Waals surface area (Å²) in [6, 6.07) is 4.59. The maximum absolute atomic E-state index is 12.5. The lowest BCUT2D eigenvalue weighted by Gasteiger charge is -2.09. The second kappa shape index (κ2) is 4.59. The van der Waals surface area contributed by atoms with Crippen LogP contribution in [0.1, 0.15) is 5.56 Å². The average Bonchev–Trinajstić information content (AvgIpc) is 2.33. The van der Waals surface area contributed by atoms with Crippen molar-refractivity contribution in [2.45, 2.75) is 6.18 Å². The molecule has 0 unspecified atom stereocenters. The van der Waals surface area contributed by atoms with Crippen LogP contribution in [-0.2, 0) is 6.18 Å². The molecule has 1 aromatic carbocycles. The maximum Gasteiger partial charge on any atom is 0.416 e. The van der Waals surface area contributed by atoms with Crippen LogP contribution < -0.4 is 16.8 Å². The molecule has 0 fully saturated rings. The molecule has 0 bridgehead atoms. The zero-order chi connectivity index (χ0) is 14.0. The maximum atomic E-state index is 12.5. The van der Waals surface area contributed by atoms with Crippen LogP contribution >= 0.6 is 0 Å². The molecule has 1 aromatic heterocycles. The van der Waals surface area contributed by atoms with Crippen molar-refractivity contribution in [3.8, 4) is 0 Å². The lowest BCUT2D eigenvalue weighted by molar-refractivity contribution is -0.137. The highest BCUT2D eigenvalue weighted by atomic mass is 19.4. The van der Waals surface area contributed by atoms with Crippen molar-refractivity contribution in [2.75, 3.05) is 16.8 Å². The summed E-state index contributed by atoms with van der Waals surface area (Å²) >= 11 is 0. The van der Waals surface area contributed by atoms with Gasteiger partial charge in [0.2, 0.25) is 5.95 Å². The Labute approximate surface area is 105 Å². The zero-order valence-electron chi connectivity index (χ0n) is 9.44. The summed E-state index contributed by atoms with van der Waals surface area (Å²) in [6.07, 6.45) is -4.42. The number of rotatable bonds is 2. The summed E-state index contributed by atoms with van der Waals surface area (Å²) in [4.78, 5) is 3.75. The largest absolute Gasteiger partial charge is 0.416 e. The third-order valence-corrected chi connectivity index (χ3v) is 2.19. The molecule has 9 heteroatoms. The third-order valence-electron chi connectivity index (χ3n) is 2.19. The molecule has 0 radical (unpaired) electrons. The van der Waals surface area contributed by atoms with E-state index >= 15 is 0 Å². The fourth-order valence-corrected chi connectivity index (χ4v) is 1.30. The van der Waals surface area contributed by atoms with E-state index in [1.165, 1.54) is 12.1 Å². The van der Waals surface area contributed by atoms with Crippen LogP contribution in [0.3, 0.4) is 0 Å². The molecule has 19 heavy (non-hydrogen) atoms. The van der Waals surface area contributed by atoms with Crippen LogP contribution in [0.25, 0.3) is 0 Å². The number of aromatic nitrogens is 3. The minimum atomic E-state index is -4.42. The summed E-state index contributed by atoms with van der Waals surface area (Å²) < 4.78 is 37.5. The van der Waals surface area contributed by atoms with Crippen LogP contribution in [0.15, 0.2) is 24.3 Å². The SMILES string of the molecule is Nc1nnc(Nc2cccc(C(F)(F)F)c2)nc1N. The van der Waals surface area contributed by atoms with E-state index in [-0.39, 0.29) is 23.3 Å². The van der Waals surface area contributed by atoms with Crippen molar-refractivity contribution in [1.82, 2.24) is 15.2 Å². The van der Waals surface area contributed by atoms with Gasteiger partial charge in [-0.2, -0.15) is 18.2 Å². The van der Waals surface area contributed by atoms with E-state index in [1.807, 2.05) is 0 Å². The Bertz CT molecular complexity index is 598. The molecule has 0 aliphatic carbocycles. The van der Waals surface area contributed by atoms with E-state index in [1.54, 1.807) is 0 Å². The van der Waals surface area contributed by atoms with Gasteiger partial charge in [0.25, 0.3) is 0 Å². The molecule has 0 aliphatic rings. The fraction of sp³-hybridized carbons (Fsp3) is 0.100. The normalized spacial score (nSPS) is 11.3. The summed E-state index contributed by atoms with van der Waals surface area (Å²) in [5, 5.41) is 9.63. The first kappa shape index (κ1) is 12.9. The Morgan fingerprint density at radius 1 is 1.05 bits per heavy atom. The van der Waals surface area contributed by atoms with Gasteiger partial charge in [-0.3, -0.25) is 0 Å². The highest BCUT2D eigenvalue weighted by Gasteiger charge is 2.30. The van der Waals surface area contributed by atoms with E-state index in [2.05, 4.69) is 20.5 Å². The molecule has 0 aliphatic heterocycles. The minimum Gasteiger partial charge on any atom is -0.380 e. The molecule has 0 saturated carbocycles. The first-order valence-corrected chi connectivity index (χ1v) is 5.06. The monoisotopic (exact) mass is 270 g/mol. The van der Waals surface area contributed by atoms with Crippen molar-refractivity contribution >= 4 is 23.3 Å². The number of nitrogens with zero attached hydrogens (tertiary/aromatic N) is 3. The van der Waals surface area contributed by atoms with Gasteiger partial charge in [-0.1, -0.05) is 6.07 Å². The molecule has 0 spiro atoms. The Morgan fingerprint density at radius 2 is 1.79 bits per heavy atom. The highest BCUT2D eigenvalue weighted by molar-refractivity contribution is 5.58. The second-order valence-electron chi connectivity index (χ2n) is 3.61. The Hall–Kier alpha value is -2.58. The van der Waals surface area contributed by atoms with Gasteiger partial charge in [0.05, 0.1) is 5.56 Å². The average molecular weight is 270 g/mol. The van der Waals surface area contributed by atoms with E-state index < -0.39 is 11.7 Å². The molecular weight excluding hydrogens is 261 g/mol. The molecule has 2 rings (SSSR count). The number of nitrogens with two attached hydrogens (primary N) is 2. The molecule has 0 atom stereocenters. The first-order chi connectivity index (χ1) is 8.86. The van der Waals surface area contributed by atoms with E-state index in [9.17, 15) is 13.2 Å². The molecule has 1 heterocycles. The number of anilines is 4. The number of nitrogen functional groups attached to an aromatic ring is 2. The Morgan fingerprint density at radius 3 is 2.42 bits per heavy atom. The van der Waals surface area contributed by atoms with E-state index in [0.717, 1.165) is 12.1 Å². The Kier molecular flexibility index (Phi) is 3.11. The van der Waals surface area contributed by atoms with Crippen molar-refractivity contribution < 1.29 is 13.2 Å². The van der Waals surface area contributed by atoms with Gasteiger partial charge in [0, 0.05) is 5.69 Å². The first-order valence-electron chi connectivity index (χ1n) is 5.06. The predicted molar refractivity (Wildman–Crippen MR) is 63.4 cm³/mol. The number of halogens is 3. The number of hydrogen-bond acceptors (Lipinski definition) is 6. The summed E-state index contributed by atoms with van der Waals surface area (Å²) in [5.74, 6) is -0.134. The summed E-state index contributed by atoms with van der Waals surface area (Å²) in [5.41, 5.74) is 10.1. The number of hydrogen-bond donors (Lipinski definition) is 3. The predicted octanol–water partition coefficient (Wildman–Crippen LogP) is 1.80. The van der Waals surface area contributed by atoms with E-state index in [0.29, 0.717) is 0 Å². The molecule has 100 valence electrons. The fourth-order valence-electron chi connectivity index (χ4n) is 1.30. The van der Waals surface area contributed by atoms with Gasteiger partial charge in [-0.25, -0.2) is 0 Å². The van der Waals surface area contributed by atoms with Gasteiger partial charge in [-0.05, 0) is 18.2 Å². The van der Waals surface area contributed by atoms with E-state index in [4.69, 9.17) is 11.5 Å². The van der Waals surface area contributed by atoms with Crippen molar-refractivity contribution in [3.05, 3.63) is 29.8 Å². The molecule has 6 nitrogen and oxygen atoms in total. The molecule has 2 aromatic rings. The molecule has 0 saturated heterocycles. The van der Waals surface area contributed by atoms with Crippen LogP contribution in [0.5, 0.6) is 0 Å². The van der Waals surface area contributed by atoms with Crippen LogP contribution in [0.4, 0.5) is 36.4 Å². The zero-order valence-corrected chi connectivity index (χ0v) is 9.44. The van der Waals surface area contributed by atoms with Gasteiger partial charge in [0.1, 0.15) is 0 Å². The highest BCUT2D eigenvalue weighted by Crippen LogP contribution is 2.31. The van der Waals surface area contributed by atoms with Crippen LogP contribution in [0.2, 0.25) is 0 Å². The number of alkyl halides is 3. The minimum absolute atomic E-state index is 0.0361. The van der Waals surface area contributed by atoms with Crippen molar-refractivity contribution in [3.63, 3.8) is 0 Å². The van der Waals surface area contributed by atoms with Gasteiger partial charge >= 0.3 is 6.18 Å². The number of nitrogens with one attached hydrogen (secondary N) is 1. The standard InChI is InChI=1S/C10H9F3N6/c11-10(12,13)5-2-1-3-6(4-5)16-9-17-7(14)8(15)18-19-9/h1-4H,(H2,15,18)(H3,14,16,17,19). The smallest absolute Gasteiger partial charge is 0.380 e. The van der Waals surface area contributed by atoms with Gasteiger partial charge in [-0.15, -0.1) is 10.2 Å². The van der Waals surface area contributed by atoms with Gasteiger partial charge in [0.15, 0.2) is 11.6 Å². The number of benzene rings is 1. The quantitative estimate of drug-likeness (QED) is 0.768.